The van der Waals surface area contributed by atoms with Gasteiger partial charge in [0.2, 0.25) is 0 Å². The average molecular weight is 217 g/mol. The van der Waals surface area contributed by atoms with Crippen LogP contribution in [0, 0.1) is 0 Å². The van der Waals surface area contributed by atoms with Gasteiger partial charge in [-0.05, 0) is 33.2 Å². The third-order valence-electron chi connectivity index (χ3n) is 2.83. The third kappa shape index (κ3) is 1.78. The fourth-order valence-electron chi connectivity index (χ4n) is 2.23. The van der Waals surface area contributed by atoms with Gasteiger partial charge in [0.05, 0.1) is 11.2 Å². The van der Waals surface area contributed by atoms with Crippen LogP contribution >= 0.6 is 0 Å². The number of anilines is 1. The maximum atomic E-state index is 6.04. The molecule has 0 saturated carbocycles. The van der Waals surface area contributed by atoms with Crippen molar-refractivity contribution in [3.63, 3.8) is 0 Å². The molecule has 3 nitrogen and oxygen atoms in total. The third-order valence-corrected chi connectivity index (χ3v) is 2.83. The molecule has 0 unspecified atom stereocenters. The summed E-state index contributed by atoms with van der Waals surface area (Å²) in [6.07, 6.45) is 0. The number of hydrogen-bond acceptors (Lipinski definition) is 2. The predicted molar refractivity (Wildman–Crippen MR) is 69.4 cm³/mol. The summed E-state index contributed by atoms with van der Waals surface area (Å²) < 4.78 is 2.30. The van der Waals surface area contributed by atoms with Gasteiger partial charge in [0.1, 0.15) is 0 Å². The zero-order valence-corrected chi connectivity index (χ0v) is 10.2. The van der Waals surface area contributed by atoms with Crippen molar-refractivity contribution in [2.24, 2.45) is 0 Å². The number of nitrogen functional groups attached to an aromatic ring is 1. The number of rotatable bonds is 3. The average Bonchev–Trinajstić information content (AvgIpc) is 2.55. The highest BCUT2D eigenvalue weighted by Crippen LogP contribution is 2.25. The van der Waals surface area contributed by atoms with E-state index in [0.717, 1.165) is 18.8 Å². The van der Waals surface area contributed by atoms with Gasteiger partial charge in [0.25, 0.3) is 0 Å². The fraction of sp³-hybridized carbons (Fsp3) is 0.385. The molecule has 2 N–H and O–H groups in total. The maximum absolute atomic E-state index is 6.04. The number of aromatic nitrogens is 1. The van der Waals surface area contributed by atoms with Gasteiger partial charge < -0.3 is 15.2 Å². The molecule has 1 aromatic carbocycles. The lowest BCUT2D eigenvalue weighted by Crippen LogP contribution is -2.14. The van der Waals surface area contributed by atoms with Gasteiger partial charge >= 0.3 is 0 Å². The van der Waals surface area contributed by atoms with E-state index >= 15 is 0 Å². The Kier molecular flexibility index (Phi) is 2.88. The van der Waals surface area contributed by atoms with E-state index in [1.54, 1.807) is 0 Å². The molecular weight excluding hydrogens is 198 g/mol. The van der Waals surface area contributed by atoms with E-state index < -0.39 is 0 Å². The summed E-state index contributed by atoms with van der Waals surface area (Å²) >= 11 is 0. The highest BCUT2D eigenvalue weighted by atomic mass is 15.1. The number of hydrogen-bond donors (Lipinski definition) is 1. The summed E-state index contributed by atoms with van der Waals surface area (Å²) in [5, 5.41) is 1.23. The lowest BCUT2D eigenvalue weighted by Gasteiger charge is -2.13. The van der Waals surface area contributed by atoms with Crippen molar-refractivity contribution >= 4 is 16.6 Å². The second-order valence-corrected chi connectivity index (χ2v) is 4.40. The Morgan fingerprint density at radius 3 is 2.69 bits per heavy atom. The van der Waals surface area contributed by atoms with E-state index in [2.05, 4.69) is 42.6 Å². The summed E-state index contributed by atoms with van der Waals surface area (Å²) in [4.78, 5) is 2.18. The molecule has 1 heterocycles. The highest BCUT2D eigenvalue weighted by Gasteiger charge is 2.09. The van der Waals surface area contributed by atoms with E-state index in [1.165, 1.54) is 16.6 Å². The number of aryl methyl sites for hydroxylation is 1. The van der Waals surface area contributed by atoms with Crippen LogP contribution in [0.5, 0.6) is 0 Å². The minimum atomic E-state index is 0.865. The highest BCUT2D eigenvalue weighted by molar-refractivity contribution is 5.91. The van der Waals surface area contributed by atoms with Crippen LogP contribution < -0.4 is 5.73 Å². The quantitative estimate of drug-likeness (QED) is 0.800. The van der Waals surface area contributed by atoms with E-state index in [-0.39, 0.29) is 0 Å². The van der Waals surface area contributed by atoms with E-state index in [0.29, 0.717) is 0 Å². The van der Waals surface area contributed by atoms with Gasteiger partial charge in [-0.3, -0.25) is 0 Å². The first-order valence-corrected chi connectivity index (χ1v) is 5.64. The Balaban J connectivity index is 2.62. The van der Waals surface area contributed by atoms with Crippen LogP contribution in [0.1, 0.15) is 12.6 Å². The van der Waals surface area contributed by atoms with Crippen LogP contribution in [0.4, 0.5) is 5.69 Å². The molecule has 0 amide bonds. The number of fused-ring (bicyclic) bond motifs is 1. The van der Waals surface area contributed by atoms with Crippen LogP contribution in [0.15, 0.2) is 24.3 Å². The van der Waals surface area contributed by atoms with Crippen molar-refractivity contribution in [2.45, 2.75) is 20.0 Å². The Hall–Kier alpha value is -1.48. The van der Waals surface area contributed by atoms with Crippen molar-refractivity contribution < 1.29 is 0 Å². The van der Waals surface area contributed by atoms with Gasteiger partial charge in [-0.25, -0.2) is 0 Å². The molecular formula is C13H19N3. The van der Waals surface area contributed by atoms with E-state index in [4.69, 9.17) is 5.73 Å². The van der Waals surface area contributed by atoms with E-state index in [9.17, 15) is 0 Å². The number of para-hydroxylation sites is 1. The number of nitrogens with two attached hydrogens (primary N) is 1. The first kappa shape index (κ1) is 11.0. The Morgan fingerprint density at radius 2 is 2.06 bits per heavy atom. The molecule has 0 spiro atoms. The fourth-order valence-corrected chi connectivity index (χ4v) is 2.23. The van der Waals surface area contributed by atoms with E-state index in [1.807, 2.05) is 12.1 Å². The standard InChI is InChI=1S/C13H19N3/c1-4-16-11(9-15(2)3)8-10-6-5-7-12(14)13(10)16/h5-8H,4,9,14H2,1-3H3. The lowest BCUT2D eigenvalue weighted by molar-refractivity contribution is 0.389. The zero-order valence-electron chi connectivity index (χ0n) is 10.2. The maximum Gasteiger partial charge on any atom is 0.0716 e. The summed E-state index contributed by atoms with van der Waals surface area (Å²) in [5.74, 6) is 0. The number of nitrogens with zero attached hydrogens (tertiary/aromatic N) is 2. The van der Waals surface area contributed by atoms with Crippen molar-refractivity contribution in [1.29, 1.82) is 0 Å². The van der Waals surface area contributed by atoms with Crippen molar-refractivity contribution in [3.8, 4) is 0 Å². The molecule has 0 fully saturated rings. The first-order valence-electron chi connectivity index (χ1n) is 5.64. The largest absolute Gasteiger partial charge is 0.397 e. The molecule has 1 aromatic heterocycles. The molecule has 0 saturated heterocycles. The minimum Gasteiger partial charge on any atom is -0.397 e. The Morgan fingerprint density at radius 1 is 1.31 bits per heavy atom. The van der Waals surface area contributed by atoms with Crippen LogP contribution in [0.3, 0.4) is 0 Å². The van der Waals surface area contributed by atoms with Crippen LogP contribution in [-0.2, 0) is 13.1 Å². The molecule has 86 valence electrons. The van der Waals surface area contributed by atoms with Gasteiger partial charge in [0.15, 0.2) is 0 Å². The topological polar surface area (TPSA) is 34.2 Å². The molecule has 3 heteroatoms. The number of benzene rings is 1. The molecule has 0 bridgehead atoms. The van der Waals surface area contributed by atoms with Crippen LogP contribution in [-0.4, -0.2) is 23.6 Å². The normalized spacial score (nSPS) is 11.5. The lowest BCUT2D eigenvalue weighted by atomic mass is 10.2. The Bertz CT molecular complexity index is 497. The SMILES string of the molecule is CCn1c(CN(C)C)cc2cccc(N)c21. The predicted octanol–water partition coefficient (Wildman–Crippen LogP) is 2.31. The minimum absolute atomic E-state index is 0.865. The first-order chi connectivity index (χ1) is 7.63. The summed E-state index contributed by atoms with van der Waals surface area (Å²) in [5.41, 5.74) is 9.40. The van der Waals surface area contributed by atoms with Crippen LogP contribution in [0.25, 0.3) is 10.9 Å². The zero-order chi connectivity index (χ0) is 11.7. The summed E-state index contributed by atoms with van der Waals surface area (Å²) in [6, 6.07) is 8.33. The second-order valence-electron chi connectivity index (χ2n) is 4.40. The Labute approximate surface area is 96.5 Å². The molecule has 0 radical (unpaired) electrons. The molecule has 0 aliphatic heterocycles. The molecule has 0 atom stereocenters. The van der Waals surface area contributed by atoms with Gasteiger partial charge in [-0.2, -0.15) is 0 Å². The molecule has 2 rings (SSSR count). The second kappa shape index (κ2) is 4.18. The van der Waals surface area contributed by atoms with Gasteiger partial charge in [0, 0.05) is 24.2 Å². The molecule has 16 heavy (non-hydrogen) atoms. The van der Waals surface area contributed by atoms with Crippen molar-refractivity contribution in [1.82, 2.24) is 9.47 Å². The monoisotopic (exact) mass is 217 g/mol. The van der Waals surface area contributed by atoms with Crippen LogP contribution in [0.2, 0.25) is 0 Å². The van der Waals surface area contributed by atoms with Crippen molar-refractivity contribution in [2.75, 3.05) is 19.8 Å². The molecule has 0 aliphatic carbocycles. The van der Waals surface area contributed by atoms with Gasteiger partial charge in [-0.15, -0.1) is 0 Å². The summed E-state index contributed by atoms with van der Waals surface area (Å²) in [6.45, 7) is 4.06. The smallest absolute Gasteiger partial charge is 0.0716 e. The molecule has 2 aromatic rings. The summed E-state index contributed by atoms with van der Waals surface area (Å²) in [7, 11) is 4.17. The van der Waals surface area contributed by atoms with Gasteiger partial charge in [-0.1, -0.05) is 12.1 Å². The molecule has 0 aliphatic rings. The van der Waals surface area contributed by atoms with Crippen molar-refractivity contribution in [3.05, 3.63) is 30.0 Å².